The number of ether oxygens (including phenoxy) is 9. The molecule has 1 aromatic rings. The first-order valence-corrected chi connectivity index (χ1v) is 24.2. The zero-order chi connectivity index (χ0) is 50.2. The van der Waals surface area contributed by atoms with Crippen LogP contribution in [0.3, 0.4) is 0 Å². The quantitative estimate of drug-likeness (QED) is 0.0731. The molecule has 0 aromatic carbocycles. The SMILES string of the molecule is CO[C@@H]1[C@H](O)[C@@H](C)O[C@@H](OC[C@H]2/C=C(C)/C=C/C(=O)[C@H](C)CC3CCOC/C(=N\OCNCCCc4cccnc4N)CO[C@H](CC(=O)OC2)[C@H](C)[C@H]3O[C@@H]2O[C@H](C)[C@@H](O)[C@H](N(C)C)[C@H]2O)[C@@H]1OC. The maximum atomic E-state index is 14.1. The van der Waals surface area contributed by atoms with Crippen LogP contribution in [0.5, 0.6) is 0 Å². The maximum absolute atomic E-state index is 14.1. The van der Waals surface area contributed by atoms with Gasteiger partial charge in [-0.3, -0.25) is 14.9 Å². The molecule has 20 heteroatoms. The number of aliphatic hydroxyl groups is 3. The number of methoxy groups -OCH3 is 2. The minimum atomic E-state index is -1.25. The standard InChI is InChI=1S/C49H79N5O15/c1-28-14-15-37(55)29(2)21-35-16-19-62-25-36(53-66-27-51-17-10-12-34-13-11-18-52-47(34)50)26-63-38(30(3)44(35)69-48-43(59)40(54(6)7)41(57)31(4)67-48)22-39(56)64-23-33(20-28)24-65-49-46(61-9)45(60-8)42(58)32(5)68-49/h11,13-15,18,20,29-33,35,38,40-46,48-49,51,57-59H,10,12,16-17,19,21-27H2,1-9H3,(H2,50,52)/b15-14+,28-20+,53-36+/t29-,30+,31-,32-,33+,35?,38-,40+,41-,42-,43-,44-,45-,46-,48+,49-/m1/s1. The molecule has 0 amide bonds. The van der Waals surface area contributed by atoms with Crippen molar-refractivity contribution in [2.24, 2.45) is 28.8 Å². The number of nitrogens with one attached hydrogen (secondary N) is 1. The van der Waals surface area contributed by atoms with Gasteiger partial charge >= 0.3 is 5.97 Å². The third-order valence-corrected chi connectivity index (χ3v) is 13.5. The van der Waals surface area contributed by atoms with Crippen molar-refractivity contribution < 1.29 is 72.4 Å². The summed E-state index contributed by atoms with van der Waals surface area (Å²) in [5.41, 5.74) is 8.15. The number of likely N-dealkylation sites (N-methyl/N-ethyl adjacent to an activating group) is 1. The number of pyridine rings is 1. The van der Waals surface area contributed by atoms with Crippen molar-refractivity contribution in [1.82, 2.24) is 15.2 Å². The van der Waals surface area contributed by atoms with Crippen molar-refractivity contribution in [1.29, 1.82) is 0 Å². The van der Waals surface area contributed by atoms with Crippen LogP contribution >= 0.6 is 0 Å². The minimum Gasteiger partial charge on any atom is -0.465 e. The van der Waals surface area contributed by atoms with E-state index in [1.54, 1.807) is 51.2 Å². The number of carbonyl (C=O) groups is 2. The van der Waals surface area contributed by atoms with Crippen LogP contribution in [0.1, 0.15) is 65.9 Å². The average Bonchev–Trinajstić information content (AvgIpc) is 3.34. The van der Waals surface area contributed by atoms with Gasteiger partial charge < -0.3 is 73.4 Å². The van der Waals surface area contributed by atoms with Gasteiger partial charge in [-0.25, -0.2) is 4.98 Å². The fourth-order valence-corrected chi connectivity index (χ4v) is 9.41. The summed E-state index contributed by atoms with van der Waals surface area (Å²) in [7, 11) is 6.50. The van der Waals surface area contributed by atoms with Gasteiger partial charge in [0.15, 0.2) is 25.1 Å². The van der Waals surface area contributed by atoms with Crippen LogP contribution in [-0.4, -0.2) is 191 Å². The molecular formula is C49H79N5O15. The second-order valence-corrected chi connectivity index (χ2v) is 19.0. The Morgan fingerprint density at radius 2 is 1.70 bits per heavy atom. The van der Waals surface area contributed by atoms with E-state index in [-0.39, 0.29) is 57.9 Å². The van der Waals surface area contributed by atoms with Crippen LogP contribution in [0.15, 0.2) is 47.3 Å². The number of hydrogen-bond donors (Lipinski definition) is 5. The lowest BCUT2D eigenvalue weighted by molar-refractivity contribution is -0.305. The number of cyclic esters (lactones) is 1. The van der Waals surface area contributed by atoms with Crippen molar-refractivity contribution in [3.63, 3.8) is 0 Å². The van der Waals surface area contributed by atoms with Crippen molar-refractivity contribution >= 4 is 23.3 Å². The molecule has 0 aliphatic carbocycles. The number of nitrogens with two attached hydrogens (primary N) is 1. The van der Waals surface area contributed by atoms with E-state index < -0.39 is 97.3 Å². The second-order valence-electron chi connectivity index (χ2n) is 19.0. The van der Waals surface area contributed by atoms with Crippen molar-refractivity contribution in [2.45, 2.75) is 140 Å². The highest BCUT2D eigenvalue weighted by Gasteiger charge is 2.48. The lowest BCUT2D eigenvalue weighted by atomic mass is 9.79. The van der Waals surface area contributed by atoms with E-state index in [2.05, 4.69) is 15.5 Å². The summed E-state index contributed by atoms with van der Waals surface area (Å²) in [6.45, 7) is 10.00. The molecule has 0 saturated carbocycles. The van der Waals surface area contributed by atoms with Crippen molar-refractivity contribution in [3.8, 4) is 0 Å². The summed E-state index contributed by atoms with van der Waals surface area (Å²) in [4.78, 5) is 39.6. The Balaban J connectivity index is 1.40. The fraction of sp³-hybridized carbons (Fsp3) is 0.755. The van der Waals surface area contributed by atoms with Gasteiger partial charge in [-0.05, 0) is 90.7 Å². The number of carbonyl (C=O) groups excluding carboxylic acids is 2. The Bertz CT molecular complexity index is 1840. The second kappa shape index (κ2) is 27.9. The number of aromatic nitrogens is 1. The number of rotatable bonds is 15. The summed E-state index contributed by atoms with van der Waals surface area (Å²) < 4.78 is 55.3. The highest BCUT2D eigenvalue weighted by atomic mass is 16.7. The highest BCUT2D eigenvalue weighted by molar-refractivity contribution is 5.91. The number of nitrogen functional groups attached to an aromatic ring is 1. The monoisotopic (exact) mass is 978 g/mol. The van der Waals surface area contributed by atoms with E-state index in [0.29, 0.717) is 30.9 Å². The van der Waals surface area contributed by atoms with Crippen molar-refractivity contribution in [3.05, 3.63) is 47.7 Å². The number of fused-ring (bicyclic) bond motifs is 3. The fourth-order valence-electron chi connectivity index (χ4n) is 9.41. The lowest BCUT2D eigenvalue weighted by Gasteiger charge is -2.47. The molecular weight excluding hydrogens is 899 g/mol. The van der Waals surface area contributed by atoms with E-state index in [4.69, 9.17) is 53.2 Å². The summed E-state index contributed by atoms with van der Waals surface area (Å²) in [5.74, 6) is -2.07. The Morgan fingerprint density at radius 3 is 2.42 bits per heavy atom. The molecule has 1 aromatic heterocycles. The van der Waals surface area contributed by atoms with Gasteiger partial charge in [0.2, 0.25) is 0 Å². The first-order chi connectivity index (χ1) is 33.0. The molecule has 4 aliphatic heterocycles. The van der Waals surface area contributed by atoms with Gasteiger partial charge in [0, 0.05) is 44.8 Å². The van der Waals surface area contributed by atoms with E-state index in [9.17, 15) is 24.9 Å². The van der Waals surface area contributed by atoms with E-state index in [1.165, 1.54) is 14.2 Å². The van der Waals surface area contributed by atoms with Gasteiger partial charge in [0.1, 0.15) is 35.9 Å². The first kappa shape index (κ1) is 56.4. The summed E-state index contributed by atoms with van der Waals surface area (Å²) >= 11 is 0. The maximum Gasteiger partial charge on any atom is 0.308 e. The molecule has 6 N–H and O–H groups in total. The van der Waals surface area contributed by atoms with E-state index in [1.807, 2.05) is 39.0 Å². The number of nitrogens with zero attached hydrogens (tertiary/aromatic N) is 3. The predicted octanol–water partition coefficient (Wildman–Crippen LogP) is 2.17. The normalized spacial score (nSPS) is 37.7. The molecule has 3 saturated heterocycles. The third-order valence-electron chi connectivity index (χ3n) is 13.5. The number of allylic oxidation sites excluding steroid dienone is 3. The molecule has 390 valence electrons. The Labute approximate surface area is 407 Å². The van der Waals surface area contributed by atoms with Gasteiger partial charge in [0.05, 0.1) is 69.4 Å². The van der Waals surface area contributed by atoms with Gasteiger partial charge in [-0.2, -0.15) is 0 Å². The van der Waals surface area contributed by atoms with Gasteiger partial charge in [-0.1, -0.05) is 42.8 Å². The summed E-state index contributed by atoms with van der Waals surface area (Å²) in [6.07, 6.45) is -0.711. The molecule has 20 nitrogen and oxygen atoms in total. The average molecular weight is 978 g/mol. The first-order valence-electron chi connectivity index (χ1n) is 24.2. The molecule has 69 heavy (non-hydrogen) atoms. The molecule has 16 atom stereocenters. The summed E-state index contributed by atoms with van der Waals surface area (Å²) in [6, 6.07) is 3.10. The number of esters is 1. The molecule has 5 rings (SSSR count). The lowest BCUT2D eigenvalue weighted by Crippen LogP contribution is -2.63. The van der Waals surface area contributed by atoms with E-state index in [0.717, 1.165) is 24.0 Å². The van der Waals surface area contributed by atoms with Crippen LogP contribution in [0, 0.1) is 23.7 Å². The van der Waals surface area contributed by atoms with Crippen LogP contribution in [0.25, 0.3) is 0 Å². The number of anilines is 1. The zero-order valence-electron chi connectivity index (χ0n) is 41.8. The van der Waals surface area contributed by atoms with Crippen LogP contribution < -0.4 is 11.1 Å². The Kier molecular flexibility index (Phi) is 22.9. The van der Waals surface area contributed by atoms with Crippen LogP contribution in [0.2, 0.25) is 0 Å². The molecule has 0 spiro atoms. The van der Waals surface area contributed by atoms with Crippen LogP contribution in [-0.2, 0) is 63.5 Å². The van der Waals surface area contributed by atoms with E-state index >= 15 is 0 Å². The Hall–Kier alpha value is -3.48. The zero-order valence-corrected chi connectivity index (χ0v) is 41.8. The highest BCUT2D eigenvalue weighted by Crippen LogP contribution is 2.36. The molecule has 0 radical (unpaired) electrons. The smallest absolute Gasteiger partial charge is 0.308 e. The van der Waals surface area contributed by atoms with Gasteiger partial charge in [-0.15, -0.1) is 0 Å². The van der Waals surface area contributed by atoms with Gasteiger partial charge in [0.25, 0.3) is 0 Å². The number of hydrogen-bond acceptors (Lipinski definition) is 20. The summed E-state index contributed by atoms with van der Waals surface area (Å²) in [5, 5.41) is 41.0. The molecule has 2 bridgehead atoms. The number of ketones is 1. The minimum absolute atomic E-state index is 0.0269. The predicted molar refractivity (Wildman–Crippen MR) is 254 cm³/mol. The third kappa shape index (κ3) is 16.3. The van der Waals surface area contributed by atoms with Crippen LogP contribution in [0.4, 0.5) is 5.82 Å². The molecule has 3 fully saturated rings. The topological polar surface area (TPSA) is 254 Å². The Morgan fingerprint density at radius 1 is 0.957 bits per heavy atom. The number of oxime groups is 1. The molecule has 4 aliphatic rings. The van der Waals surface area contributed by atoms with Crippen molar-refractivity contribution in [2.75, 3.05) is 80.4 Å². The molecule has 1 unspecified atom stereocenters. The largest absolute Gasteiger partial charge is 0.465 e. The number of aliphatic hydroxyl groups excluding tert-OH is 3. The molecule has 5 heterocycles. The number of aryl methyl sites for hydroxylation is 1.